The van der Waals surface area contributed by atoms with Gasteiger partial charge in [-0.15, -0.1) is 0 Å². The molecule has 0 N–H and O–H groups in total. The number of hydrazone groups is 1. The van der Waals surface area contributed by atoms with E-state index in [0.717, 1.165) is 23.4 Å². The molecule has 0 atom stereocenters. The number of nitrogens with zero attached hydrogens (tertiary/aromatic N) is 4. The number of amides is 1. The number of carbonyl (C=O) groups excluding carboxylic acids is 1. The third-order valence-electron chi connectivity index (χ3n) is 4.21. The normalized spacial score (nSPS) is 15.6. The second-order valence-electron chi connectivity index (χ2n) is 5.95. The minimum atomic E-state index is -0.140. The Balaban J connectivity index is 1.80. The first kappa shape index (κ1) is 16.0. The van der Waals surface area contributed by atoms with Gasteiger partial charge in [-0.1, -0.05) is 48.5 Å². The maximum absolute atomic E-state index is 13.1. The molecular formula is C21H18N4O. The van der Waals surface area contributed by atoms with Crippen LogP contribution in [0.15, 0.2) is 83.7 Å². The molecule has 1 amide bonds. The van der Waals surface area contributed by atoms with E-state index in [-0.39, 0.29) is 5.91 Å². The second kappa shape index (κ2) is 6.80. The van der Waals surface area contributed by atoms with Crippen molar-refractivity contribution in [2.45, 2.75) is 13.5 Å². The zero-order valence-corrected chi connectivity index (χ0v) is 14.4. The van der Waals surface area contributed by atoms with E-state index >= 15 is 0 Å². The van der Waals surface area contributed by atoms with E-state index in [9.17, 15) is 4.79 Å². The first-order valence-electron chi connectivity index (χ1n) is 8.54. The monoisotopic (exact) mass is 342 g/mol. The SMILES string of the molecule is CCn1cc(C=C2C(=O)N(c3ccccc3)N=C2c2ccccc2)cn1. The molecule has 1 aliphatic rings. The molecule has 1 aliphatic heterocycles. The number of carbonyl (C=O) groups is 1. The Hall–Kier alpha value is -3.47. The highest BCUT2D eigenvalue weighted by Crippen LogP contribution is 2.27. The summed E-state index contributed by atoms with van der Waals surface area (Å²) in [5.74, 6) is -0.140. The Morgan fingerprint density at radius 1 is 1.00 bits per heavy atom. The maximum Gasteiger partial charge on any atom is 0.281 e. The van der Waals surface area contributed by atoms with Crippen LogP contribution in [0, 0.1) is 0 Å². The summed E-state index contributed by atoms with van der Waals surface area (Å²) in [5, 5.41) is 10.4. The van der Waals surface area contributed by atoms with Crippen molar-refractivity contribution in [2.75, 3.05) is 5.01 Å². The molecule has 0 bridgehead atoms. The molecule has 0 radical (unpaired) electrons. The van der Waals surface area contributed by atoms with Crippen LogP contribution in [-0.4, -0.2) is 21.4 Å². The summed E-state index contributed by atoms with van der Waals surface area (Å²) in [7, 11) is 0. The number of aromatic nitrogens is 2. The van der Waals surface area contributed by atoms with E-state index in [2.05, 4.69) is 10.2 Å². The number of hydrogen-bond acceptors (Lipinski definition) is 3. The van der Waals surface area contributed by atoms with Gasteiger partial charge in [0, 0.05) is 23.9 Å². The maximum atomic E-state index is 13.1. The molecule has 0 saturated heterocycles. The van der Waals surface area contributed by atoms with E-state index < -0.39 is 0 Å². The highest BCUT2D eigenvalue weighted by molar-refractivity contribution is 6.37. The van der Waals surface area contributed by atoms with Crippen LogP contribution in [0.5, 0.6) is 0 Å². The highest BCUT2D eigenvalue weighted by Gasteiger charge is 2.31. The van der Waals surface area contributed by atoms with Gasteiger partial charge in [-0.2, -0.15) is 15.2 Å². The van der Waals surface area contributed by atoms with Crippen molar-refractivity contribution in [2.24, 2.45) is 5.10 Å². The number of benzene rings is 2. The molecule has 1 aromatic heterocycles. The predicted octanol–water partition coefficient (Wildman–Crippen LogP) is 3.74. The first-order chi connectivity index (χ1) is 12.8. The topological polar surface area (TPSA) is 50.5 Å². The van der Waals surface area contributed by atoms with E-state index in [1.165, 1.54) is 5.01 Å². The van der Waals surface area contributed by atoms with Gasteiger partial charge in [-0.25, -0.2) is 0 Å². The molecule has 0 spiro atoms. The highest BCUT2D eigenvalue weighted by atomic mass is 16.2. The Morgan fingerprint density at radius 2 is 1.69 bits per heavy atom. The summed E-state index contributed by atoms with van der Waals surface area (Å²) in [6.07, 6.45) is 5.54. The van der Waals surface area contributed by atoms with Crippen LogP contribution in [0.2, 0.25) is 0 Å². The van der Waals surface area contributed by atoms with E-state index in [0.29, 0.717) is 11.3 Å². The van der Waals surface area contributed by atoms with Crippen molar-refractivity contribution >= 4 is 23.4 Å². The van der Waals surface area contributed by atoms with Crippen LogP contribution < -0.4 is 5.01 Å². The first-order valence-corrected chi connectivity index (χ1v) is 8.54. The number of para-hydroxylation sites is 1. The number of rotatable bonds is 4. The lowest BCUT2D eigenvalue weighted by atomic mass is 10.0. The van der Waals surface area contributed by atoms with Gasteiger partial charge in [0.15, 0.2) is 0 Å². The van der Waals surface area contributed by atoms with E-state index in [4.69, 9.17) is 0 Å². The zero-order chi connectivity index (χ0) is 17.9. The average molecular weight is 342 g/mol. The fraction of sp³-hybridized carbons (Fsp3) is 0.0952. The minimum Gasteiger partial charge on any atom is -0.272 e. The summed E-state index contributed by atoms with van der Waals surface area (Å²) in [4.78, 5) is 13.1. The smallest absolute Gasteiger partial charge is 0.272 e. The van der Waals surface area contributed by atoms with Crippen molar-refractivity contribution in [3.63, 3.8) is 0 Å². The van der Waals surface area contributed by atoms with Crippen LogP contribution in [0.3, 0.4) is 0 Å². The lowest BCUT2D eigenvalue weighted by Gasteiger charge is -2.10. The number of anilines is 1. The predicted molar refractivity (Wildman–Crippen MR) is 103 cm³/mol. The van der Waals surface area contributed by atoms with Crippen LogP contribution in [0.25, 0.3) is 6.08 Å². The standard InChI is InChI=1S/C21H18N4O/c1-2-24-15-16(14-22-24)13-19-20(17-9-5-3-6-10-17)23-25(21(19)26)18-11-7-4-8-12-18/h3-15H,2H2,1H3. The van der Waals surface area contributed by atoms with Gasteiger partial charge in [0.2, 0.25) is 0 Å². The van der Waals surface area contributed by atoms with Gasteiger partial charge >= 0.3 is 0 Å². The Bertz CT molecular complexity index is 987. The van der Waals surface area contributed by atoms with E-state index in [1.54, 1.807) is 6.20 Å². The molecule has 2 heterocycles. The molecule has 5 heteroatoms. The number of aryl methyl sites for hydroxylation is 1. The van der Waals surface area contributed by atoms with Crippen molar-refractivity contribution < 1.29 is 4.79 Å². The van der Waals surface area contributed by atoms with Gasteiger partial charge in [0.05, 0.1) is 17.5 Å². The molecular weight excluding hydrogens is 324 g/mol. The Kier molecular flexibility index (Phi) is 4.19. The quantitative estimate of drug-likeness (QED) is 0.678. The largest absolute Gasteiger partial charge is 0.281 e. The molecule has 0 aliphatic carbocycles. The molecule has 5 nitrogen and oxygen atoms in total. The van der Waals surface area contributed by atoms with Gasteiger partial charge in [-0.3, -0.25) is 9.48 Å². The van der Waals surface area contributed by atoms with Crippen molar-refractivity contribution in [1.82, 2.24) is 9.78 Å². The van der Waals surface area contributed by atoms with E-state index in [1.807, 2.05) is 84.5 Å². The third-order valence-corrected chi connectivity index (χ3v) is 4.21. The zero-order valence-electron chi connectivity index (χ0n) is 14.4. The lowest BCUT2D eigenvalue weighted by Crippen LogP contribution is -2.21. The molecule has 3 aromatic rings. The van der Waals surface area contributed by atoms with Gasteiger partial charge in [-0.05, 0) is 25.1 Å². The molecule has 2 aromatic carbocycles. The van der Waals surface area contributed by atoms with Gasteiger partial charge < -0.3 is 0 Å². The number of hydrogen-bond donors (Lipinski definition) is 0. The van der Waals surface area contributed by atoms with Gasteiger partial charge in [0.1, 0.15) is 5.71 Å². The van der Waals surface area contributed by atoms with Crippen LogP contribution in [-0.2, 0) is 11.3 Å². The molecule has 0 saturated carbocycles. The third kappa shape index (κ3) is 2.95. The van der Waals surface area contributed by atoms with Crippen LogP contribution >= 0.6 is 0 Å². The Labute approximate surface area is 151 Å². The van der Waals surface area contributed by atoms with Crippen molar-refractivity contribution in [3.05, 3.63) is 89.8 Å². The summed E-state index contributed by atoms with van der Waals surface area (Å²) in [6.45, 7) is 2.81. The second-order valence-corrected chi connectivity index (χ2v) is 5.95. The van der Waals surface area contributed by atoms with Gasteiger partial charge in [0.25, 0.3) is 5.91 Å². The molecule has 26 heavy (non-hydrogen) atoms. The Morgan fingerprint density at radius 3 is 2.35 bits per heavy atom. The molecule has 0 unspecified atom stereocenters. The fourth-order valence-corrected chi connectivity index (χ4v) is 2.89. The molecule has 4 rings (SSSR count). The summed E-state index contributed by atoms with van der Waals surface area (Å²) < 4.78 is 1.83. The molecule has 0 fully saturated rings. The van der Waals surface area contributed by atoms with Crippen molar-refractivity contribution in [3.8, 4) is 0 Å². The van der Waals surface area contributed by atoms with Crippen LogP contribution in [0.4, 0.5) is 5.69 Å². The van der Waals surface area contributed by atoms with Crippen LogP contribution in [0.1, 0.15) is 18.1 Å². The van der Waals surface area contributed by atoms with Crippen molar-refractivity contribution in [1.29, 1.82) is 0 Å². The minimum absolute atomic E-state index is 0.140. The summed E-state index contributed by atoms with van der Waals surface area (Å²) >= 11 is 0. The summed E-state index contributed by atoms with van der Waals surface area (Å²) in [5.41, 5.74) is 3.78. The molecule has 128 valence electrons. The average Bonchev–Trinajstić information content (AvgIpc) is 3.28. The summed E-state index contributed by atoms with van der Waals surface area (Å²) in [6, 6.07) is 19.2. The lowest BCUT2D eigenvalue weighted by molar-refractivity contribution is -0.114. The fourth-order valence-electron chi connectivity index (χ4n) is 2.89.